The largest absolute Gasteiger partial charge is 0.481 e. The lowest BCUT2D eigenvalue weighted by Gasteiger charge is -2.51. The maximum absolute atomic E-state index is 12.9. The number of para-hydroxylation sites is 1. The molecule has 2 bridgehead atoms. The van der Waals surface area contributed by atoms with Crippen LogP contribution in [0.25, 0.3) is 16.8 Å². The van der Waals surface area contributed by atoms with Crippen LogP contribution in [0, 0.1) is 24.7 Å². The zero-order valence-electron chi connectivity index (χ0n) is 20.1. The van der Waals surface area contributed by atoms with Gasteiger partial charge in [0.1, 0.15) is 11.4 Å². The van der Waals surface area contributed by atoms with Crippen molar-refractivity contribution in [2.75, 3.05) is 18.0 Å². The molecule has 10 heteroatoms. The molecule has 1 aliphatic carbocycles. The molecule has 2 atom stereocenters. The van der Waals surface area contributed by atoms with Crippen molar-refractivity contribution < 1.29 is 23.4 Å². The lowest BCUT2D eigenvalue weighted by molar-refractivity contribution is -0.153. The van der Waals surface area contributed by atoms with Gasteiger partial charge in [0.2, 0.25) is 5.95 Å². The summed E-state index contributed by atoms with van der Waals surface area (Å²) in [6.45, 7) is 0.322. The third-order valence-electron chi connectivity index (χ3n) is 7.53. The first-order valence-corrected chi connectivity index (χ1v) is 12.2. The Bertz CT molecular complexity index is 1460. The molecule has 37 heavy (non-hydrogen) atoms. The number of hydrogen-bond donors (Lipinski definition) is 1. The molecule has 2 saturated heterocycles. The van der Waals surface area contributed by atoms with Crippen LogP contribution in [0.1, 0.15) is 23.4 Å². The van der Waals surface area contributed by atoms with E-state index in [9.17, 15) is 18.7 Å². The molecule has 3 fully saturated rings. The number of benzene rings is 1. The molecule has 0 spiro atoms. The van der Waals surface area contributed by atoms with Crippen LogP contribution in [-0.4, -0.2) is 50.1 Å². The van der Waals surface area contributed by atoms with Crippen molar-refractivity contribution in [2.45, 2.75) is 26.4 Å². The van der Waals surface area contributed by atoms with Crippen LogP contribution in [0.15, 0.2) is 55.0 Å². The van der Waals surface area contributed by atoms with Crippen molar-refractivity contribution in [1.29, 1.82) is 0 Å². The molecule has 1 saturated carbocycles. The third-order valence-corrected chi connectivity index (χ3v) is 7.53. The average molecular weight is 506 g/mol. The summed E-state index contributed by atoms with van der Waals surface area (Å²) >= 11 is 0. The van der Waals surface area contributed by atoms with Gasteiger partial charge < -0.3 is 19.1 Å². The smallest absolute Gasteiger partial charge is 0.387 e. The van der Waals surface area contributed by atoms with Crippen LogP contribution in [0.3, 0.4) is 0 Å². The van der Waals surface area contributed by atoms with E-state index in [0.29, 0.717) is 31.0 Å². The third kappa shape index (κ3) is 4.26. The first-order valence-electron chi connectivity index (χ1n) is 12.2. The van der Waals surface area contributed by atoms with E-state index in [0.717, 1.165) is 34.6 Å². The van der Waals surface area contributed by atoms with Crippen LogP contribution in [0.5, 0.6) is 5.75 Å². The second-order valence-electron chi connectivity index (χ2n) is 9.75. The quantitative estimate of drug-likeness (QED) is 0.397. The highest BCUT2D eigenvalue weighted by atomic mass is 19.3. The van der Waals surface area contributed by atoms with Gasteiger partial charge in [-0.15, -0.1) is 0 Å². The van der Waals surface area contributed by atoms with Gasteiger partial charge in [0.25, 0.3) is 0 Å². The Morgan fingerprint density at radius 1 is 1.11 bits per heavy atom. The van der Waals surface area contributed by atoms with Crippen molar-refractivity contribution in [1.82, 2.24) is 19.4 Å². The summed E-state index contributed by atoms with van der Waals surface area (Å²) in [5.41, 5.74) is 4.80. The number of piperidine rings is 2. The minimum atomic E-state index is -2.90. The minimum Gasteiger partial charge on any atom is -0.481 e. The number of aryl methyl sites for hydroxylation is 1. The van der Waals surface area contributed by atoms with Crippen LogP contribution in [0.2, 0.25) is 0 Å². The molecule has 1 N–H and O–H groups in total. The van der Waals surface area contributed by atoms with Gasteiger partial charge in [0.15, 0.2) is 0 Å². The number of carbonyl (C=O) groups is 1. The van der Waals surface area contributed by atoms with Gasteiger partial charge in [0, 0.05) is 60.5 Å². The SMILES string of the molecule is Cc1nc2ccc(-c3cnc(N4CC5CC(C4)C5C(=O)O)nc3)cn2c1Cc1ccccc1OC(F)F. The molecule has 8 nitrogen and oxygen atoms in total. The topological polar surface area (TPSA) is 92.9 Å². The van der Waals surface area contributed by atoms with E-state index < -0.39 is 12.6 Å². The molecule has 1 aromatic carbocycles. The number of aromatic nitrogens is 4. The van der Waals surface area contributed by atoms with Gasteiger partial charge in [-0.25, -0.2) is 15.0 Å². The number of fused-ring (bicyclic) bond motifs is 3. The Hall–Kier alpha value is -4.08. The van der Waals surface area contributed by atoms with Crippen molar-refractivity contribution in [3.8, 4) is 16.9 Å². The average Bonchev–Trinajstić information content (AvgIpc) is 3.18. The Morgan fingerprint density at radius 2 is 1.84 bits per heavy atom. The maximum atomic E-state index is 12.9. The molecule has 3 aliphatic rings. The Labute approximate surface area is 211 Å². The molecule has 7 rings (SSSR count). The molecule has 2 unspecified atom stereocenters. The predicted molar refractivity (Wildman–Crippen MR) is 132 cm³/mol. The summed E-state index contributed by atoms with van der Waals surface area (Å²) in [4.78, 5) is 27.3. The summed E-state index contributed by atoms with van der Waals surface area (Å²) < 4.78 is 32.5. The number of alkyl halides is 2. The molecule has 0 radical (unpaired) electrons. The Balaban J connectivity index is 1.25. The highest BCUT2D eigenvalue weighted by Gasteiger charge is 2.51. The second kappa shape index (κ2) is 9.10. The molecule has 3 aromatic heterocycles. The summed E-state index contributed by atoms with van der Waals surface area (Å²) in [6.07, 6.45) is 6.83. The van der Waals surface area contributed by atoms with E-state index in [1.807, 2.05) is 29.7 Å². The van der Waals surface area contributed by atoms with Gasteiger partial charge in [-0.05, 0) is 43.4 Å². The summed E-state index contributed by atoms with van der Waals surface area (Å²) in [5, 5.41) is 9.39. The lowest BCUT2D eigenvalue weighted by atomic mass is 9.61. The number of imidazole rings is 1. The van der Waals surface area contributed by atoms with Crippen LogP contribution >= 0.6 is 0 Å². The van der Waals surface area contributed by atoms with E-state index >= 15 is 0 Å². The van der Waals surface area contributed by atoms with E-state index in [1.54, 1.807) is 30.6 Å². The number of hydrogen-bond acceptors (Lipinski definition) is 6. The van der Waals surface area contributed by atoms with Gasteiger partial charge in [0.05, 0.1) is 11.6 Å². The number of aliphatic carboxylic acids is 1. The highest BCUT2D eigenvalue weighted by molar-refractivity contribution is 5.73. The number of ether oxygens (including phenoxy) is 1. The number of halogens is 2. The Kier molecular flexibility index (Phi) is 5.73. The zero-order valence-corrected chi connectivity index (χ0v) is 20.1. The second-order valence-corrected chi connectivity index (χ2v) is 9.75. The number of nitrogens with zero attached hydrogens (tertiary/aromatic N) is 5. The predicted octanol–water partition coefficient (Wildman–Crippen LogP) is 4.45. The first kappa shape index (κ1) is 23.3. The lowest BCUT2D eigenvalue weighted by Crippen LogP contribution is -2.58. The van der Waals surface area contributed by atoms with Crippen molar-refractivity contribution in [2.24, 2.45) is 17.8 Å². The fourth-order valence-electron chi connectivity index (χ4n) is 5.72. The first-order chi connectivity index (χ1) is 17.9. The van der Waals surface area contributed by atoms with E-state index in [1.165, 1.54) is 6.07 Å². The zero-order chi connectivity index (χ0) is 25.7. The molecule has 0 amide bonds. The van der Waals surface area contributed by atoms with E-state index in [-0.39, 0.29) is 23.5 Å². The molecular formula is C27H25F2N5O3. The normalized spacial score (nSPS) is 20.8. The molecule has 5 heterocycles. The van der Waals surface area contributed by atoms with Crippen molar-refractivity contribution in [3.05, 3.63) is 71.9 Å². The van der Waals surface area contributed by atoms with Crippen molar-refractivity contribution >= 4 is 17.6 Å². The fraction of sp³-hybridized carbons (Fsp3) is 0.333. The molecule has 190 valence electrons. The van der Waals surface area contributed by atoms with Gasteiger partial charge in [-0.3, -0.25) is 4.79 Å². The number of carboxylic acids is 1. The summed E-state index contributed by atoms with van der Waals surface area (Å²) in [5.74, 6) is 0.119. The number of pyridine rings is 1. The fourth-order valence-corrected chi connectivity index (χ4v) is 5.72. The van der Waals surface area contributed by atoms with Gasteiger partial charge in [-0.2, -0.15) is 8.78 Å². The van der Waals surface area contributed by atoms with Gasteiger partial charge in [-0.1, -0.05) is 18.2 Å². The Morgan fingerprint density at radius 3 is 2.54 bits per heavy atom. The number of rotatable bonds is 7. The summed E-state index contributed by atoms with van der Waals surface area (Å²) in [6, 6.07) is 10.6. The highest BCUT2D eigenvalue weighted by Crippen LogP contribution is 2.46. The summed E-state index contributed by atoms with van der Waals surface area (Å²) in [7, 11) is 0. The standard InChI is InChI=1S/C27H25F2N5O3/c1-15-21(9-16-4-2-3-5-22(16)37-26(28)29)34-14-17(6-7-23(34)32-15)20-10-30-27(31-11-20)33-12-18-8-19(13-33)24(18)25(35)36/h2-7,10-11,14,18-19,24,26H,8-9,12-13H2,1H3,(H,35,36). The van der Waals surface area contributed by atoms with E-state index in [2.05, 4.69) is 19.9 Å². The maximum Gasteiger partial charge on any atom is 0.387 e. The minimum absolute atomic E-state index is 0.150. The number of carboxylic acid groups (broad SMARTS) is 1. The van der Waals surface area contributed by atoms with Crippen LogP contribution in [0.4, 0.5) is 14.7 Å². The molecule has 2 aliphatic heterocycles. The monoisotopic (exact) mass is 505 g/mol. The van der Waals surface area contributed by atoms with Crippen LogP contribution < -0.4 is 9.64 Å². The van der Waals surface area contributed by atoms with Crippen LogP contribution in [-0.2, 0) is 11.2 Å². The van der Waals surface area contributed by atoms with Crippen molar-refractivity contribution in [3.63, 3.8) is 0 Å². The molecular weight excluding hydrogens is 480 g/mol. The molecule has 4 aromatic rings. The van der Waals surface area contributed by atoms with Gasteiger partial charge >= 0.3 is 12.6 Å². The van der Waals surface area contributed by atoms with E-state index in [4.69, 9.17) is 4.74 Å². The number of anilines is 1.